The standard InChI is InChI=1S/C15H29N5.HI/c1-6-12(3)18-15(16-7-2)17-9-8-10-20-14(5)11-13(4)19-20;/h11-12H,6-10H2,1-5H3,(H2,16,17,18);1H. The fourth-order valence-electron chi connectivity index (χ4n) is 1.97. The first kappa shape index (κ1) is 20.2. The molecule has 0 aliphatic heterocycles. The maximum atomic E-state index is 4.61. The van der Waals surface area contributed by atoms with Crippen molar-refractivity contribution in [2.24, 2.45) is 4.99 Å². The first-order valence-electron chi connectivity index (χ1n) is 7.62. The molecule has 6 heteroatoms. The van der Waals surface area contributed by atoms with Crippen molar-refractivity contribution in [2.75, 3.05) is 13.1 Å². The number of nitrogens with zero attached hydrogens (tertiary/aromatic N) is 3. The molecule has 1 aromatic heterocycles. The summed E-state index contributed by atoms with van der Waals surface area (Å²) < 4.78 is 2.06. The van der Waals surface area contributed by atoms with Gasteiger partial charge in [-0.05, 0) is 46.6 Å². The SMILES string of the molecule is CCNC(=NCCCn1nc(C)cc1C)NC(C)CC.I. The second-order valence-corrected chi connectivity index (χ2v) is 5.22. The van der Waals surface area contributed by atoms with Crippen molar-refractivity contribution in [3.8, 4) is 0 Å². The van der Waals surface area contributed by atoms with Crippen LogP contribution in [0.4, 0.5) is 0 Å². The van der Waals surface area contributed by atoms with E-state index in [4.69, 9.17) is 0 Å². The van der Waals surface area contributed by atoms with E-state index < -0.39 is 0 Å². The lowest BCUT2D eigenvalue weighted by Gasteiger charge is -2.16. The van der Waals surface area contributed by atoms with Crippen LogP contribution in [0, 0.1) is 13.8 Å². The maximum absolute atomic E-state index is 4.61. The average Bonchev–Trinajstić information content (AvgIpc) is 2.73. The second-order valence-electron chi connectivity index (χ2n) is 5.22. The Bertz CT molecular complexity index is 428. The molecule has 1 atom stereocenters. The molecule has 0 saturated carbocycles. The second kappa shape index (κ2) is 10.9. The van der Waals surface area contributed by atoms with E-state index in [2.05, 4.69) is 59.2 Å². The smallest absolute Gasteiger partial charge is 0.191 e. The summed E-state index contributed by atoms with van der Waals surface area (Å²) in [5.41, 5.74) is 2.30. The van der Waals surface area contributed by atoms with E-state index in [1.807, 2.05) is 6.92 Å². The largest absolute Gasteiger partial charge is 0.357 e. The summed E-state index contributed by atoms with van der Waals surface area (Å²) in [7, 11) is 0. The number of aryl methyl sites for hydroxylation is 3. The predicted octanol–water partition coefficient (Wildman–Crippen LogP) is 2.86. The minimum absolute atomic E-state index is 0. The highest BCUT2D eigenvalue weighted by Crippen LogP contribution is 2.02. The number of aromatic nitrogens is 2. The number of aliphatic imine (C=N–C) groups is 1. The van der Waals surface area contributed by atoms with Crippen LogP contribution < -0.4 is 10.6 Å². The molecule has 0 saturated heterocycles. The third kappa shape index (κ3) is 7.68. The van der Waals surface area contributed by atoms with Gasteiger partial charge >= 0.3 is 0 Å². The zero-order chi connectivity index (χ0) is 15.0. The first-order chi connectivity index (χ1) is 9.56. The Morgan fingerprint density at radius 2 is 2.10 bits per heavy atom. The van der Waals surface area contributed by atoms with E-state index in [1.54, 1.807) is 0 Å². The molecule has 0 spiro atoms. The molecule has 1 rings (SSSR count). The Labute approximate surface area is 146 Å². The molecular formula is C15H30IN5. The molecule has 0 amide bonds. The van der Waals surface area contributed by atoms with Gasteiger partial charge in [0, 0.05) is 31.4 Å². The van der Waals surface area contributed by atoms with Gasteiger partial charge in [0.15, 0.2) is 5.96 Å². The van der Waals surface area contributed by atoms with Gasteiger partial charge < -0.3 is 10.6 Å². The minimum Gasteiger partial charge on any atom is -0.357 e. The summed E-state index contributed by atoms with van der Waals surface area (Å²) >= 11 is 0. The number of hydrogen-bond acceptors (Lipinski definition) is 2. The summed E-state index contributed by atoms with van der Waals surface area (Å²) in [6.07, 6.45) is 2.09. The topological polar surface area (TPSA) is 54.2 Å². The van der Waals surface area contributed by atoms with Crippen molar-refractivity contribution in [1.29, 1.82) is 0 Å². The highest BCUT2D eigenvalue weighted by molar-refractivity contribution is 14.0. The lowest BCUT2D eigenvalue weighted by molar-refractivity contribution is 0.565. The normalized spacial score (nSPS) is 12.7. The molecule has 0 aromatic carbocycles. The van der Waals surface area contributed by atoms with Gasteiger partial charge in [-0.25, -0.2) is 0 Å². The fraction of sp³-hybridized carbons (Fsp3) is 0.733. The third-order valence-corrected chi connectivity index (χ3v) is 3.24. The zero-order valence-electron chi connectivity index (χ0n) is 13.9. The molecular weight excluding hydrogens is 377 g/mol. The molecule has 5 nitrogen and oxygen atoms in total. The molecule has 122 valence electrons. The number of hydrogen-bond donors (Lipinski definition) is 2. The summed E-state index contributed by atoms with van der Waals surface area (Å²) in [6.45, 7) is 13.2. The Balaban J connectivity index is 0.00000400. The third-order valence-electron chi connectivity index (χ3n) is 3.24. The molecule has 21 heavy (non-hydrogen) atoms. The number of halogens is 1. The zero-order valence-corrected chi connectivity index (χ0v) is 16.3. The molecule has 0 fully saturated rings. The summed E-state index contributed by atoms with van der Waals surface area (Å²) in [4.78, 5) is 4.61. The van der Waals surface area contributed by atoms with Crippen molar-refractivity contribution in [3.63, 3.8) is 0 Å². The van der Waals surface area contributed by atoms with E-state index >= 15 is 0 Å². The van der Waals surface area contributed by atoms with E-state index in [9.17, 15) is 0 Å². The van der Waals surface area contributed by atoms with Crippen LogP contribution in [0.15, 0.2) is 11.1 Å². The van der Waals surface area contributed by atoms with Gasteiger partial charge in [-0.15, -0.1) is 24.0 Å². The Kier molecular flexibility index (Phi) is 10.5. The lowest BCUT2D eigenvalue weighted by atomic mass is 10.3. The van der Waals surface area contributed by atoms with E-state index in [-0.39, 0.29) is 24.0 Å². The summed E-state index contributed by atoms with van der Waals surface area (Å²) in [5, 5.41) is 11.1. The molecule has 0 aliphatic carbocycles. The average molecular weight is 407 g/mol. The van der Waals surface area contributed by atoms with Gasteiger partial charge in [0.2, 0.25) is 0 Å². The van der Waals surface area contributed by atoms with Crippen LogP contribution in [-0.2, 0) is 6.54 Å². The van der Waals surface area contributed by atoms with Crippen molar-refractivity contribution < 1.29 is 0 Å². The van der Waals surface area contributed by atoms with Crippen LogP contribution in [-0.4, -0.2) is 34.9 Å². The van der Waals surface area contributed by atoms with Crippen LogP contribution in [0.25, 0.3) is 0 Å². The molecule has 0 radical (unpaired) electrons. The van der Waals surface area contributed by atoms with Crippen LogP contribution in [0.1, 0.15) is 45.0 Å². The Morgan fingerprint density at radius 1 is 1.38 bits per heavy atom. The summed E-state index contributed by atoms with van der Waals surface area (Å²) in [6, 6.07) is 2.56. The van der Waals surface area contributed by atoms with Gasteiger partial charge in [-0.2, -0.15) is 5.10 Å². The van der Waals surface area contributed by atoms with Crippen LogP contribution in [0.3, 0.4) is 0 Å². The van der Waals surface area contributed by atoms with Gasteiger partial charge in [-0.1, -0.05) is 6.92 Å². The first-order valence-corrected chi connectivity index (χ1v) is 7.62. The monoisotopic (exact) mass is 407 g/mol. The fourth-order valence-corrected chi connectivity index (χ4v) is 1.97. The van der Waals surface area contributed by atoms with E-state index in [1.165, 1.54) is 5.69 Å². The Morgan fingerprint density at radius 3 is 2.62 bits per heavy atom. The maximum Gasteiger partial charge on any atom is 0.191 e. The molecule has 1 heterocycles. The Hall–Kier alpha value is -0.790. The van der Waals surface area contributed by atoms with Crippen molar-refractivity contribution in [1.82, 2.24) is 20.4 Å². The molecule has 2 N–H and O–H groups in total. The van der Waals surface area contributed by atoms with Gasteiger partial charge in [0.1, 0.15) is 0 Å². The highest BCUT2D eigenvalue weighted by Gasteiger charge is 2.03. The van der Waals surface area contributed by atoms with E-state index in [0.29, 0.717) is 6.04 Å². The van der Waals surface area contributed by atoms with Crippen molar-refractivity contribution in [3.05, 3.63) is 17.5 Å². The van der Waals surface area contributed by atoms with Gasteiger partial charge in [-0.3, -0.25) is 9.67 Å². The molecule has 0 aliphatic rings. The highest BCUT2D eigenvalue weighted by atomic mass is 127. The van der Waals surface area contributed by atoms with Crippen molar-refractivity contribution >= 4 is 29.9 Å². The molecule has 1 aromatic rings. The quantitative estimate of drug-likeness (QED) is 0.316. The van der Waals surface area contributed by atoms with E-state index in [0.717, 1.165) is 44.1 Å². The van der Waals surface area contributed by atoms with Gasteiger partial charge in [0.05, 0.1) is 5.69 Å². The number of guanidine groups is 1. The predicted molar refractivity (Wildman–Crippen MR) is 101 cm³/mol. The molecule has 1 unspecified atom stereocenters. The number of rotatable bonds is 7. The van der Waals surface area contributed by atoms with Crippen LogP contribution in [0.2, 0.25) is 0 Å². The number of nitrogens with one attached hydrogen (secondary N) is 2. The summed E-state index contributed by atoms with van der Waals surface area (Å²) in [5.74, 6) is 0.912. The molecule has 0 bridgehead atoms. The van der Waals surface area contributed by atoms with Crippen molar-refractivity contribution in [2.45, 2.75) is 60.0 Å². The van der Waals surface area contributed by atoms with Gasteiger partial charge in [0.25, 0.3) is 0 Å². The minimum atomic E-state index is 0. The lowest BCUT2D eigenvalue weighted by Crippen LogP contribution is -2.42. The van der Waals surface area contributed by atoms with Crippen LogP contribution >= 0.6 is 24.0 Å². The van der Waals surface area contributed by atoms with Crippen LogP contribution in [0.5, 0.6) is 0 Å².